The van der Waals surface area contributed by atoms with E-state index in [9.17, 15) is 0 Å². The summed E-state index contributed by atoms with van der Waals surface area (Å²) in [6.07, 6.45) is 0. The van der Waals surface area contributed by atoms with Crippen LogP contribution in [0.3, 0.4) is 0 Å². The van der Waals surface area contributed by atoms with E-state index in [0.29, 0.717) is 5.71 Å². The van der Waals surface area contributed by atoms with Crippen molar-refractivity contribution in [3.8, 4) is 0 Å². The molecule has 80 valence electrons. The second-order valence-corrected chi connectivity index (χ2v) is 2.25. The highest BCUT2D eigenvalue weighted by atomic mass is 14.8. The molecule has 2 nitrogen and oxygen atoms in total. The highest BCUT2D eigenvalue weighted by Crippen LogP contribution is 1.98. The van der Waals surface area contributed by atoms with Gasteiger partial charge in [0.05, 0.1) is 11.4 Å². The molecule has 0 amide bonds. The molecule has 0 aliphatic carbocycles. The van der Waals surface area contributed by atoms with E-state index in [2.05, 4.69) is 5.32 Å². The van der Waals surface area contributed by atoms with E-state index in [4.69, 9.17) is 5.41 Å². The van der Waals surface area contributed by atoms with Gasteiger partial charge in [0, 0.05) is 7.05 Å². The summed E-state index contributed by atoms with van der Waals surface area (Å²) in [5, 5.41) is 10.2. The SMILES string of the molecule is CC.CC.CNC(C(C)=N)=C(C)C. The van der Waals surface area contributed by atoms with Crippen LogP contribution in [0.15, 0.2) is 11.3 Å². The van der Waals surface area contributed by atoms with Crippen LogP contribution in [0.1, 0.15) is 48.5 Å². The van der Waals surface area contributed by atoms with Crippen LogP contribution in [0.4, 0.5) is 0 Å². The fourth-order valence-electron chi connectivity index (χ4n) is 0.812. The summed E-state index contributed by atoms with van der Waals surface area (Å²) in [7, 11) is 1.83. The molecule has 0 heterocycles. The molecule has 0 saturated heterocycles. The van der Waals surface area contributed by atoms with Gasteiger partial charge in [-0.05, 0) is 20.8 Å². The van der Waals surface area contributed by atoms with Gasteiger partial charge in [-0.25, -0.2) is 0 Å². The summed E-state index contributed by atoms with van der Waals surface area (Å²) >= 11 is 0. The Morgan fingerprint density at radius 2 is 1.23 bits per heavy atom. The van der Waals surface area contributed by atoms with Gasteiger partial charge in [-0.15, -0.1) is 0 Å². The maximum absolute atomic E-state index is 7.26. The molecule has 0 unspecified atom stereocenters. The van der Waals surface area contributed by atoms with Crippen molar-refractivity contribution in [1.82, 2.24) is 5.32 Å². The molecular weight excluding hydrogens is 160 g/mol. The monoisotopic (exact) mass is 186 g/mol. The minimum Gasteiger partial charge on any atom is -0.387 e. The molecule has 0 aromatic carbocycles. The molecular formula is C11H26N2. The molecule has 0 atom stereocenters. The topological polar surface area (TPSA) is 35.9 Å². The molecule has 0 bridgehead atoms. The van der Waals surface area contributed by atoms with Gasteiger partial charge < -0.3 is 10.7 Å². The highest BCUT2D eigenvalue weighted by molar-refractivity contribution is 5.95. The van der Waals surface area contributed by atoms with E-state index in [1.807, 2.05) is 48.6 Å². The van der Waals surface area contributed by atoms with Crippen LogP contribution < -0.4 is 5.32 Å². The standard InChI is InChI=1S/C7H14N2.2C2H6/c1-5(2)7(9-4)6(3)8;2*1-2/h8-9H,1-4H3;2*1-2H3. The van der Waals surface area contributed by atoms with Crippen LogP contribution >= 0.6 is 0 Å². The highest BCUT2D eigenvalue weighted by Gasteiger charge is 1.96. The third kappa shape index (κ3) is 11.2. The van der Waals surface area contributed by atoms with E-state index >= 15 is 0 Å². The number of allylic oxidation sites excluding steroid dienone is 2. The summed E-state index contributed by atoms with van der Waals surface area (Å²) in [4.78, 5) is 0. The maximum Gasteiger partial charge on any atom is 0.0532 e. The molecule has 0 saturated carbocycles. The summed E-state index contributed by atoms with van der Waals surface area (Å²) in [5.74, 6) is 0. The number of hydrogen-bond acceptors (Lipinski definition) is 2. The Morgan fingerprint density at radius 3 is 1.23 bits per heavy atom. The van der Waals surface area contributed by atoms with Gasteiger partial charge >= 0.3 is 0 Å². The van der Waals surface area contributed by atoms with Crippen LogP contribution in [0.2, 0.25) is 0 Å². The zero-order valence-corrected chi connectivity index (χ0v) is 10.5. The second-order valence-electron chi connectivity index (χ2n) is 2.25. The molecule has 0 spiro atoms. The van der Waals surface area contributed by atoms with Crippen LogP contribution in [0.25, 0.3) is 0 Å². The first kappa shape index (κ1) is 18.1. The first-order valence-electron chi connectivity index (χ1n) is 5.00. The van der Waals surface area contributed by atoms with Gasteiger partial charge in [0.1, 0.15) is 0 Å². The van der Waals surface area contributed by atoms with Gasteiger partial charge in [-0.3, -0.25) is 0 Å². The third-order valence-electron chi connectivity index (χ3n) is 1.12. The summed E-state index contributed by atoms with van der Waals surface area (Å²) in [6, 6.07) is 0. The molecule has 13 heavy (non-hydrogen) atoms. The Kier molecular flexibility index (Phi) is 19.2. The molecule has 2 heteroatoms. The predicted octanol–water partition coefficient (Wildman–Crippen LogP) is 3.59. The average molecular weight is 186 g/mol. The van der Waals surface area contributed by atoms with Crippen LogP contribution in [-0.2, 0) is 0 Å². The minimum absolute atomic E-state index is 0.595. The number of hydrogen-bond donors (Lipinski definition) is 2. The van der Waals surface area contributed by atoms with Crippen LogP contribution in [-0.4, -0.2) is 12.8 Å². The summed E-state index contributed by atoms with van der Waals surface area (Å²) in [5.41, 5.74) is 2.69. The lowest BCUT2D eigenvalue weighted by Crippen LogP contribution is -2.14. The fraction of sp³-hybridized carbons (Fsp3) is 0.727. The Bertz CT molecular complexity index is 142. The Labute approximate surface area is 83.9 Å². The maximum atomic E-state index is 7.26. The first-order chi connectivity index (χ1) is 6.09. The number of rotatable bonds is 2. The van der Waals surface area contributed by atoms with Gasteiger partial charge in [0.25, 0.3) is 0 Å². The fourth-order valence-corrected chi connectivity index (χ4v) is 0.812. The average Bonchev–Trinajstić information content (AvgIpc) is 2.11. The van der Waals surface area contributed by atoms with Gasteiger partial charge in [-0.1, -0.05) is 33.3 Å². The van der Waals surface area contributed by atoms with Crippen molar-refractivity contribution < 1.29 is 0 Å². The predicted molar refractivity (Wildman–Crippen MR) is 63.5 cm³/mol. The van der Waals surface area contributed by atoms with E-state index in [0.717, 1.165) is 11.3 Å². The van der Waals surface area contributed by atoms with E-state index in [-0.39, 0.29) is 0 Å². The van der Waals surface area contributed by atoms with Gasteiger partial charge in [0.15, 0.2) is 0 Å². The Morgan fingerprint density at radius 1 is 0.923 bits per heavy atom. The van der Waals surface area contributed by atoms with Gasteiger partial charge in [-0.2, -0.15) is 0 Å². The normalized spacial score (nSPS) is 6.77. The summed E-state index contributed by atoms with van der Waals surface area (Å²) < 4.78 is 0. The molecule has 0 aromatic heterocycles. The summed E-state index contributed by atoms with van der Waals surface area (Å²) in [6.45, 7) is 13.8. The Hall–Kier alpha value is -0.790. The lowest BCUT2D eigenvalue weighted by atomic mass is 10.2. The number of nitrogens with one attached hydrogen (secondary N) is 2. The van der Waals surface area contributed by atoms with Gasteiger partial charge in [0.2, 0.25) is 0 Å². The van der Waals surface area contributed by atoms with Crippen molar-refractivity contribution in [1.29, 1.82) is 5.41 Å². The zero-order valence-electron chi connectivity index (χ0n) is 10.5. The lowest BCUT2D eigenvalue weighted by Gasteiger charge is -2.05. The second kappa shape index (κ2) is 13.8. The molecule has 0 aliphatic heterocycles. The van der Waals surface area contributed by atoms with Crippen LogP contribution in [0, 0.1) is 5.41 Å². The minimum atomic E-state index is 0.595. The quantitative estimate of drug-likeness (QED) is 0.635. The van der Waals surface area contributed by atoms with Crippen molar-refractivity contribution in [2.24, 2.45) is 0 Å². The van der Waals surface area contributed by atoms with Crippen molar-refractivity contribution in [2.45, 2.75) is 48.5 Å². The van der Waals surface area contributed by atoms with E-state index < -0.39 is 0 Å². The zero-order chi connectivity index (χ0) is 11.4. The van der Waals surface area contributed by atoms with Crippen molar-refractivity contribution in [3.05, 3.63) is 11.3 Å². The van der Waals surface area contributed by atoms with E-state index in [1.165, 1.54) is 0 Å². The molecule has 0 aliphatic rings. The molecule has 0 rings (SSSR count). The molecule has 0 fully saturated rings. The molecule has 0 aromatic rings. The van der Waals surface area contributed by atoms with Crippen molar-refractivity contribution >= 4 is 5.71 Å². The smallest absolute Gasteiger partial charge is 0.0532 e. The van der Waals surface area contributed by atoms with Crippen LogP contribution in [0.5, 0.6) is 0 Å². The third-order valence-corrected chi connectivity index (χ3v) is 1.12. The van der Waals surface area contributed by atoms with Crippen molar-refractivity contribution in [2.75, 3.05) is 7.05 Å². The van der Waals surface area contributed by atoms with Crippen molar-refractivity contribution in [3.63, 3.8) is 0 Å². The van der Waals surface area contributed by atoms with E-state index in [1.54, 1.807) is 6.92 Å². The molecule has 2 N–H and O–H groups in total. The largest absolute Gasteiger partial charge is 0.387 e. The lowest BCUT2D eigenvalue weighted by molar-refractivity contribution is 1.01. The first-order valence-corrected chi connectivity index (χ1v) is 5.00. The Balaban J connectivity index is -0.000000218. The molecule has 0 radical (unpaired) electrons.